The van der Waals surface area contributed by atoms with Crippen LogP contribution in [0, 0.1) is 5.92 Å². The van der Waals surface area contributed by atoms with E-state index in [1.807, 2.05) is 20.8 Å². The van der Waals surface area contributed by atoms with Gasteiger partial charge in [-0.2, -0.15) is 8.78 Å². The molecule has 0 aliphatic carbocycles. The lowest BCUT2D eigenvalue weighted by molar-refractivity contribution is -0.0507. The molecular weight excluding hydrogens is 252 g/mol. The number of hydrogen-bond acceptors (Lipinski definition) is 3. The van der Waals surface area contributed by atoms with Crippen molar-refractivity contribution in [1.82, 2.24) is 5.32 Å². The van der Waals surface area contributed by atoms with E-state index >= 15 is 0 Å². The number of aliphatic hydroxyl groups excluding tert-OH is 1. The molecule has 1 aromatic carbocycles. The molecule has 0 saturated carbocycles. The van der Waals surface area contributed by atoms with E-state index in [1.54, 1.807) is 18.2 Å². The van der Waals surface area contributed by atoms with Gasteiger partial charge in [-0.05, 0) is 25.8 Å². The molecule has 0 amide bonds. The highest BCUT2D eigenvalue weighted by atomic mass is 19.3. The Morgan fingerprint density at radius 1 is 1.21 bits per heavy atom. The first-order valence-electron chi connectivity index (χ1n) is 6.36. The second-order valence-electron chi connectivity index (χ2n) is 4.75. The zero-order chi connectivity index (χ0) is 14.4. The van der Waals surface area contributed by atoms with Crippen molar-refractivity contribution in [3.05, 3.63) is 29.8 Å². The van der Waals surface area contributed by atoms with Crippen molar-refractivity contribution < 1.29 is 18.6 Å². The molecule has 3 unspecified atom stereocenters. The fourth-order valence-corrected chi connectivity index (χ4v) is 1.85. The zero-order valence-electron chi connectivity index (χ0n) is 11.4. The minimum Gasteiger partial charge on any atom is -0.434 e. The normalized spacial score (nSPS) is 16.2. The molecule has 19 heavy (non-hydrogen) atoms. The molecule has 108 valence electrons. The Kier molecular flexibility index (Phi) is 6.18. The van der Waals surface area contributed by atoms with Crippen molar-refractivity contribution >= 4 is 0 Å². The average Bonchev–Trinajstić information content (AvgIpc) is 2.37. The maximum Gasteiger partial charge on any atom is 0.387 e. The smallest absolute Gasteiger partial charge is 0.387 e. The first-order valence-corrected chi connectivity index (χ1v) is 6.36. The van der Waals surface area contributed by atoms with Crippen LogP contribution in [0.1, 0.15) is 32.4 Å². The van der Waals surface area contributed by atoms with Gasteiger partial charge in [0.15, 0.2) is 0 Å². The Balaban J connectivity index is 2.78. The summed E-state index contributed by atoms with van der Waals surface area (Å²) in [5.74, 6) is 0.270. The third kappa shape index (κ3) is 4.76. The summed E-state index contributed by atoms with van der Waals surface area (Å²) in [6, 6.07) is 6.66. The number of rotatable bonds is 7. The first kappa shape index (κ1) is 15.9. The van der Waals surface area contributed by atoms with E-state index in [0.717, 1.165) is 0 Å². The van der Waals surface area contributed by atoms with Crippen LogP contribution in [0.25, 0.3) is 0 Å². The van der Waals surface area contributed by atoms with E-state index in [2.05, 4.69) is 10.1 Å². The summed E-state index contributed by atoms with van der Waals surface area (Å²) >= 11 is 0. The second kappa shape index (κ2) is 7.40. The minimum absolute atomic E-state index is 0.0691. The van der Waals surface area contributed by atoms with Gasteiger partial charge in [-0.25, -0.2) is 0 Å². The molecular formula is C14H21F2NO2. The van der Waals surface area contributed by atoms with Gasteiger partial charge in [0, 0.05) is 24.3 Å². The van der Waals surface area contributed by atoms with Crippen molar-refractivity contribution in [2.45, 2.75) is 39.5 Å². The quantitative estimate of drug-likeness (QED) is 0.802. The number of ether oxygens (including phenoxy) is 1. The molecule has 0 spiro atoms. The molecule has 0 bridgehead atoms. The summed E-state index contributed by atoms with van der Waals surface area (Å²) < 4.78 is 29.2. The molecule has 1 aromatic rings. The molecule has 0 fully saturated rings. The van der Waals surface area contributed by atoms with Crippen molar-refractivity contribution in [2.24, 2.45) is 5.92 Å². The zero-order valence-corrected chi connectivity index (χ0v) is 11.4. The van der Waals surface area contributed by atoms with Gasteiger partial charge in [-0.15, -0.1) is 0 Å². The van der Waals surface area contributed by atoms with Crippen molar-refractivity contribution in [3.63, 3.8) is 0 Å². The van der Waals surface area contributed by atoms with E-state index in [1.165, 1.54) is 6.07 Å². The van der Waals surface area contributed by atoms with E-state index in [-0.39, 0.29) is 30.4 Å². The van der Waals surface area contributed by atoms with Crippen LogP contribution in [0.4, 0.5) is 8.78 Å². The average molecular weight is 273 g/mol. The molecule has 2 N–H and O–H groups in total. The summed E-state index contributed by atoms with van der Waals surface area (Å²) in [6.45, 7) is 3.01. The monoisotopic (exact) mass is 273 g/mol. The number of nitrogens with one attached hydrogen (secondary N) is 1. The van der Waals surface area contributed by atoms with E-state index < -0.39 is 6.61 Å². The summed E-state index contributed by atoms with van der Waals surface area (Å²) in [5.41, 5.74) is 0.680. The predicted octanol–water partition coefficient (Wildman–Crippen LogP) is 2.96. The number of benzene rings is 1. The van der Waals surface area contributed by atoms with Gasteiger partial charge >= 0.3 is 6.61 Å². The second-order valence-corrected chi connectivity index (χ2v) is 4.75. The Bertz CT molecular complexity index is 387. The maximum absolute atomic E-state index is 12.3. The molecule has 0 saturated heterocycles. The van der Waals surface area contributed by atoms with Crippen LogP contribution in [-0.2, 0) is 0 Å². The van der Waals surface area contributed by atoms with E-state index in [0.29, 0.717) is 5.56 Å². The highest BCUT2D eigenvalue weighted by Gasteiger charge is 2.18. The van der Waals surface area contributed by atoms with Crippen LogP contribution in [0.2, 0.25) is 0 Å². The first-order chi connectivity index (χ1) is 8.95. The molecule has 0 heterocycles. The number of hydrogen-bond donors (Lipinski definition) is 2. The van der Waals surface area contributed by atoms with Gasteiger partial charge in [0.25, 0.3) is 0 Å². The molecule has 1 rings (SSSR count). The summed E-state index contributed by atoms with van der Waals surface area (Å²) in [6.07, 6.45) is 0. The SMILES string of the molecule is CC(NC(C)C(C)CO)c1ccccc1OC(F)F. The Morgan fingerprint density at radius 3 is 2.42 bits per heavy atom. The van der Waals surface area contributed by atoms with Gasteiger partial charge in [-0.1, -0.05) is 25.1 Å². The molecule has 3 atom stereocenters. The minimum atomic E-state index is -2.83. The predicted molar refractivity (Wildman–Crippen MR) is 70.3 cm³/mol. The molecule has 0 radical (unpaired) electrons. The standard InChI is InChI=1S/C14H21F2NO2/c1-9(8-18)10(2)17-11(3)12-6-4-5-7-13(12)19-14(15)16/h4-7,9-11,14,17-18H,8H2,1-3H3. The van der Waals surface area contributed by atoms with Crippen LogP contribution in [0.3, 0.4) is 0 Å². The van der Waals surface area contributed by atoms with Gasteiger partial charge < -0.3 is 15.2 Å². The lowest BCUT2D eigenvalue weighted by atomic mass is 10.0. The Hall–Kier alpha value is -1.20. The largest absolute Gasteiger partial charge is 0.434 e. The van der Waals surface area contributed by atoms with Crippen LogP contribution < -0.4 is 10.1 Å². The van der Waals surface area contributed by atoms with Crippen LogP contribution in [-0.4, -0.2) is 24.4 Å². The van der Waals surface area contributed by atoms with Crippen LogP contribution in [0.15, 0.2) is 24.3 Å². The Morgan fingerprint density at radius 2 is 1.84 bits per heavy atom. The fraction of sp³-hybridized carbons (Fsp3) is 0.571. The maximum atomic E-state index is 12.3. The van der Waals surface area contributed by atoms with Crippen LogP contribution in [0.5, 0.6) is 5.75 Å². The molecule has 0 aliphatic heterocycles. The topological polar surface area (TPSA) is 41.5 Å². The van der Waals surface area contributed by atoms with Gasteiger partial charge in [-0.3, -0.25) is 0 Å². The molecule has 0 aliphatic rings. The third-order valence-electron chi connectivity index (χ3n) is 3.26. The fourth-order valence-electron chi connectivity index (χ4n) is 1.85. The number of para-hydroxylation sites is 1. The Labute approximate surface area is 112 Å². The number of halogens is 2. The molecule has 3 nitrogen and oxygen atoms in total. The number of alkyl halides is 2. The summed E-state index contributed by atoms with van der Waals surface area (Å²) in [5, 5.41) is 12.4. The lowest BCUT2D eigenvalue weighted by Gasteiger charge is -2.25. The molecule has 5 heteroatoms. The lowest BCUT2D eigenvalue weighted by Crippen LogP contribution is -2.35. The summed E-state index contributed by atoms with van der Waals surface area (Å²) in [7, 11) is 0. The summed E-state index contributed by atoms with van der Waals surface area (Å²) in [4.78, 5) is 0. The third-order valence-corrected chi connectivity index (χ3v) is 3.26. The van der Waals surface area contributed by atoms with Gasteiger partial charge in [0.1, 0.15) is 5.75 Å². The highest BCUT2D eigenvalue weighted by Crippen LogP contribution is 2.27. The van der Waals surface area contributed by atoms with Crippen molar-refractivity contribution in [3.8, 4) is 5.75 Å². The number of aliphatic hydroxyl groups is 1. The molecule has 0 aromatic heterocycles. The van der Waals surface area contributed by atoms with Crippen molar-refractivity contribution in [1.29, 1.82) is 0 Å². The van der Waals surface area contributed by atoms with Crippen LogP contribution >= 0.6 is 0 Å². The van der Waals surface area contributed by atoms with Gasteiger partial charge in [0.2, 0.25) is 0 Å². The van der Waals surface area contributed by atoms with E-state index in [4.69, 9.17) is 5.11 Å². The van der Waals surface area contributed by atoms with Crippen molar-refractivity contribution in [2.75, 3.05) is 6.61 Å². The van der Waals surface area contributed by atoms with Gasteiger partial charge in [0.05, 0.1) is 0 Å². The highest BCUT2D eigenvalue weighted by molar-refractivity contribution is 5.35. The van der Waals surface area contributed by atoms with E-state index in [9.17, 15) is 8.78 Å².